The number of aliphatic hydroxyl groups is 1. The minimum absolute atomic E-state index is 0.323. The Hall–Kier alpha value is -3.52. The first-order valence-electron chi connectivity index (χ1n) is 12.6. The summed E-state index contributed by atoms with van der Waals surface area (Å²) >= 11 is 0. The number of hydrogen-bond donors (Lipinski definition) is 1. The number of para-hydroxylation sites is 1. The maximum atomic E-state index is 13.6. The summed E-state index contributed by atoms with van der Waals surface area (Å²) in [5, 5.41) is 15.8. The van der Waals surface area contributed by atoms with Crippen LogP contribution in [0.5, 0.6) is 11.6 Å². The largest absolute Gasteiger partial charge is 0.439 e. The van der Waals surface area contributed by atoms with Gasteiger partial charge in [-0.3, -0.25) is 4.90 Å². The van der Waals surface area contributed by atoms with Crippen LogP contribution in [0.1, 0.15) is 23.7 Å². The summed E-state index contributed by atoms with van der Waals surface area (Å²) in [6.07, 6.45) is 0.724. The van der Waals surface area contributed by atoms with Crippen molar-refractivity contribution in [3.05, 3.63) is 108 Å². The van der Waals surface area contributed by atoms with Crippen LogP contribution < -0.4 is 4.74 Å². The Balaban J connectivity index is 1.66. The maximum Gasteiger partial charge on any atom is 0.227 e. The fourth-order valence-electron chi connectivity index (χ4n) is 4.31. The summed E-state index contributed by atoms with van der Waals surface area (Å²) in [6, 6.07) is 25.8. The van der Waals surface area contributed by atoms with Crippen LogP contribution in [-0.2, 0) is 24.1 Å². The van der Waals surface area contributed by atoms with Crippen LogP contribution in [0.25, 0.3) is 5.69 Å². The molecule has 37 heavy (non-hydrogen) atoms. The predicted octanol–water partition coefficient (Wildman–Crippen LogP) is 5.42. The third-order valence-corrected chi connectivity index (χ3v) is 6.16. The Labute approximate surface area is 217 Å². The minimum Gasteiger partial charge on any atom is -0.439 e. The molecule has 0 saturated heterocycles. The van der Waals surface area contributed by atoms with Gasteiger partial charge in [-0.2, -0.15) is 5.10 Å². The number of nitrogens with zero attached hydrogens (tertiary/aromatic N) is 3. The molecular weight excluding hydrogens is 469 g/mol. The molecule has 0 fully saturated rings. The van der Waals surface area contributed by atoms with E-state index in [1.807, 2.05) is 60.7 Å². The molecule has 1 heterocycles. The number of aryl methyl sites for hydroxylation is 1. The van der Waals surface area contributed by atoms with Gasteiger partial charge < -0.3 is 14.6 Å². The SMILES string of the molecule is CCc1nn(-c2ccccc2)c(Oc2ccc(F)cc2)c1CN(CCOC)C[C@@H](O)Cc1ccccc1. The van der Waals surface area contributed by atoms with Crippen molar-refractivity contribution in [2.75, 3.05) is 26.8 Å². The molecule has 0 radical (unpaired) electrons. The van der Waals surface area contributed by atoms with E-state index in [1.54, 1.807) is 23.9 Å². The molecule has 7 heteroatoms. The summed E-state index contributed by atoms with van der Waals surface area (Å²) < 4.78 is 27.1. The maximum absolute atomic E-state index is 13.6. The van der Waals surface area contributed by atoms with E-state index >= 15 is 0 Å². The minimum atomic E-state index is -0.546. The molecule has 1 N–H and O–H groups in total. The van der Waals surface area contributed by atoms with Crippen molar-refractivity contribution in [3.8, 4) is 17.3 Å². The highest BCUT2D eigenvalue weighted by Crippen LogP contribution is 2.32. The molecule has 0 unspecified atom stereocenters. The Morgan fingerprint density at radius 2 is 1.65 bits per heavy atom. The number of ether oxygens (including phenoxy) is 2. The molecule has 4 rings (SSSR count). The van der Waals surface area contributed by atoms with Crippen molar-refractivity contribution < 1.29 is 19.0 Å². The van der Waals surface area contributed by atoms with Crippen molar-refractivity contribution >= 4 is 0 Å². The Morgan fingerprint density at radius 1 is 0.973 bits per heavy atom. The molecule has 3 aromatic carbocycles. The molecule has 0 spiro atoms. The van der Waals surface area contributed by atoms with Gasteiger partial charge in [0.1, 0.15) is 11.6 Å². The number of rotatable bonds is 13. The summed E-state index contributed by atoms with van der Waals surface area (Å²) in [5.41, 5.74) is 3.79. The third-order valence-electron chi connectivity index (χ3n) is 6.16. The van der Waals surface area contributed by atoms with E-state index in [0.717, 1.165) is 22.5 Å². The Kier molecular flexibility index (Phi) is 9.43. The third kappa shape index (κ3) is 7.26. The Morgan fingerprint density at radius 3 is 2.30 bits per heavy atom. The van der Waals surface area contributed by atoms with Crippen molar-refractivity contribution in [1.29, 1.82) is 0 Å². The monoisotopic (exact) mass is 503 g/mol. The molecule has 4 aromatic rings. The summed E-state index contributed by atoms with van der Waals surface area (Å²) in [5.74, 6) is 0.779. The van der Waals surface area contributed by atoms with Crippen molar-refractivity contribution in [2.45, 2.75) is 32.4 Å². The first-order valence-corrected chi connectivity index (χ1v) is 12.6. The van der Waals surface area contributed by atoms with Gasteiger partial charge >= 0.3 is 0 Å². The van der Waals surface area contributed by atoms with Gasteiger partial charge in [0.25, 0.3) is 0 Å². The lowest BCUT2D eigenvalue weighted by Crippen LogP contribution is -2.35. The quantitative estimate of drug-likeness (QED) is 0.264. The highest BCUT2D eigenvalue weighted by molar-refractivity contribution is 5.43. The van der Waals surface area contributed by atoms with Crippen LogP contribution in [-0.4, -0.2) is 52.7 Å². The zero-order valence-electron chi connectivity index (χ0n) is 21.4. The zero-order chi connectivity index (χ0) is 26.0. The highest BCUT2D eigenvalue weighted by atomic mass is 19.1. The number of aromatic nitrogens is 2. The molecule has 0 aliphatic heterocycles. The fraction of sp³-hybridized carbons (Fsp3) is 0.300. The zero-order valence-corrected chi connectivity index (χ0v) is 21.4. The van der Waals surface area contributed by atoms with Gasteiger partial charge in [0.2, 0.25) is 5.88 Å². The second-order valence-corrected chi connectivity index (χ2v) is 8.96. The van der Waals surface area contributed by atoms with E-state index in [4.69, 9.17) is 14.6 Å². The fourth-order valence-corrected chi connectivity index (χ4v) is 4.31. The molecule has 0 aliphatic carbocycles. The molecule has 6 nitrogen and oxygen atoms in total. The van der Waals surface area contributed by atoms with Crippen LogP contribution in [0.3, 0.4) is 0 Å². The molecular formula is C30H34FN3O3. The molecule has 0 saturated carbocycles. The average Bonchev–Trinajstić information content (AvgIpc) is 3.26. The molecule has 1 atom stereocenters. The number of halogens is 1. The first-order chi connectivity index (χ1) is 18.1. The number of benzene rings is 3. The first kappa shape index (κ1) is 26.5. The molecule has 0 aliphatic rings. The lowest BCUT2D eigenvalue weighted by molar-refractivity contribution is 0.0846. The highest BCUT2D eigenvalue weighted by Gasteiger charge is 2.24. The molecule has 194 valence electrons. The number of methoxy groups -OCH3 is 1. The van der Waals surface area contributed by atoms with Crippen LogP contribution >= 0.6 is 0 Å². The summed E-state index contributed by atoms with van der Waals surface area (Å²) in [6.45, 7) is 4.21. The van der Waals surface area contributed by atoms with Gasteiger partial charge in [-0.15, -0.1) is 0 Å². The average molecular weight is 504 g/mol. The smallest absolute Gasteiger partial charge is 0.227 e. The van der Waals surface area contributed by atoms with Crippen molar-refractivity contribution in [3.63, 3.8) is 0 Å². The van der Waals surface area contributed by atoms with Gasteiger partial charge in [-0.05, 0) is 54.8 Å². The van der Waals surface area contributed by atoms with Gasteiger partial charge in [0, 0.05) is 26.7 Å². The van der Waals surface area contributed by atoms with E-state index in [2.05, 4.69) is 11.8 Å². The van der Waals surface area contributed by atoms with Gasteiger partial charge in [0.05, 0.1) is 29.7 Å². The topological polar surface area (TPSA) is 59.8 Å². The molecule has 1 aromatic heterocycles. The lowest BCUT2D eigenvalue weighted by Gasteiger charge is -2.25. The Bertz CT molecular complexity index is 1230. The van der Waals surface area contributed by atoms with E-state index in [-0.39, 0.29) is 5.82 Å². The van der Waals surface area contributed by atoms with Crippen LogP contribution in [0.15, 0.2) is 84.9 Å². The van der Waals surface area contributed by atoms with Gasteiger partial charge in [0.15, 0.2) is 0 Å². The predicted molar refractivity (Wildman–Crippen MR) is 143 cm³/mol. The van der Waals surface area contributed by atoms with Crippen molar-refractivity contribution in [2.24, 2.45) is 0 Å². The van der Waals surface area contributed by atoms with Crippen LogP contribution in [0, 0.1) is 5.82 Å². The second kappa shape index (κ2) is 13.1. The van der Waals surface area contributed by atoms with Crippen LogP contribution in [0.2, 0.25) is 0 Å². The van der Waals surface area contributed by atoms with E-state index < -0.39 is 6.10 Å². The molecule has 0 bridgehead atoms. The normalized spacial score (nSPS) is 12.1. The lowest BCUT2D eigenvalue weighted by atomic mass is 10.1. The standard InChI is InChI=1S/C30H34FN3O3/c1-3-29-28(22-33(18-19-36-2)21-26(35)20-23-10-6-4-7-11-23)30(37-27-16-14-24(31)15-17-27)34(32-29)25-12-8-5-9-13-25/h4-17,26,35H,3,18-22H2,1-2H3/t26-/m0/s1. The van der Waals surface area contributed by atoms with Crippen LogP contribution in [0.4, 0.5) is 4.39 Å². The number of aliphatic hydroxyl groups excluding tert-OH is 1. The van der Waals surface area contributed by atoms with Gasteiger partial charge in [-0.25, -0.2) is 9.07 Å². The summed E-state index contributed by atoms with van der Waals surface area (Å²) in [7, 11) is 1.67. The van der Waals surface area contributed by atoms with E-state index in [0.29, 0.717) is 50.7 Å². The van der Waals surface area contributed by atoms with E-state index in [9.17, 15) is 9.50 Å². The van der Waals surface area contributed by atoms with E-state index in [1.165, 1.54) is 12.1 Å². The van der Waals surface area contributed by atoms with Crippen molar-refractivity contribution in [1.82, 2.24) is 14.7 Å². The number of hydrogen-bond acceptors (Lipinski definition) is 5. The second-order valence-electron chi connectivity index (χ2n) is 8.96. The summed E-state index contributed by atoms with van der Waals surface area (Å²) in [4.78, 5) is 2.17. The van der Waals surface area contributed by atoms with Gasteiger partial charge in [-0.1, -0.05) is 55.5 Å². The molecule has 0 amide bonds.